The van der Waals surface area contributed by atoms with Crippen LogP contribution in [0.4, 0.5) is 11.5 Å². The van der Waals surface area contributed by atoms with Gasteiger partial charge in [-0.3, -0.25) is 52.9 Å². The molecule has 716 valence electrons. The summed E-state index contributed by atoms with van der Waals surface area (Å²) < 4.78 is 16.6. The predicted molar refractivity (Wildman–Crippen MR) is 562 cm³/mol. The molecule has 0 atom stereocenters. The van der Waals surface area contributed by atoms with Crippen molar-refractivity contribution in [3.63, 3.8) is 0 Å². The number of hydrogen-bond donors (Lipinski definition) is 5. The zero-order valence-electron chi connectivity index (χ0n) is 80.9. The summed E-state index contributed by atoms with van der Waals surface area (Å²) in [4.78, 5) is 133. The van der Waals surface area contributed by atoms with Crippen molar-refractivity contribution in [2.24, 2.45) is 5.92 Å². The van der Waals surface area contributed by atoms with Crippen molar-refractivity contribution < 1.29 is 66.9 Å². The average molecular weight is 1950 g/mol. The molecule has 0 aliphatic carbocycles. The molecule has 10 aromatic carbocycles. The van der Waals surface area contributed by atoms with E-state index in [1.807, 2.05) is 234 Å². The number of aliphatic hydroxyl groups excluding tert-OH is 1. The third-order valence-corrected chi connectivity index (χ3v) is 22.6. The number of pyridine rings is 3. The Morgan fingerprint density at radius 2 is 0.986 bits per heavy atom. The van der Waals surface area contributed by atoms with Crippen LogP contribution < -0.4 is 26.3 Å². The Bertz CT molecular complexity index is 6660. The number of anilines is 2. The summed E-state index contributed by atoms with van der Waals surface area (Å²) in [6, 6.07) is 87.0. The first-order valence-corrected chi connectivity index (χ1v) is 46.3. The van der Waals surface area contributed by atoms with E-state index in [-0.39, 0.29) is 65.4 Å². The first-order chi connectivity index (χ1) is 66.5. The number of furan rings is 1. The Balaban J connectivity index is 0.000000205. The number of para-hydroxylation sites is 2. The Hall–Kier alpha value is -15.4. The molecule has 2 aliphatic rings. The number of halogens is 1. The van der Waals surface area contributed by atoms with Crippen molar-refractivity contribution in [3.05, 3.63) is 397 Å². The number of hydrogen-bond acceptors (Lipinski definition) is 23. The van der Waals surface area contributed by atoms with Crippen LogP contribution in [-0.4, -0.2) is 113 Å². The molecule has 17 aromatic rings. The fourth-order valence-electron chi connectivity index (χ4n) is 12.8. The quantitative estimate of drug-likeness (QED) is 0.0560. The van der Waals surface area contributed by atoms with Crippen LogP contribution in [-0.2, 0) is 17.8 Å². The molecule has 0 radical (unpaired) electrons. The summed E-state index contributed by atoms with van der Waals surface area (Å²) in [5, 5.41) is 18.7. The van der Waals surface area contributed by atoms with Crippen LogP contribution in [0.25, 0.3) is 54.5 Å². The second-order valence-electron chi connectivity index (χ2n) is 31.9. The van der Waals surface area contributed by atoms with Gasteiger partial charge in [-0.15, -0.1) is 11.3 Å². The van der Waals surface area contributed by atoms with Gasteiger partial charge in [-0.05, 0) is 299 Å². The predicted octanol–water partition coefficient (Wildman–Crippen LogP) is 25.3. The number of H-pyrrole nitrogens is 1. The second-order valence-corrected chi connectivity index (χ2v) is 34.4. The smallest absolute Gasteiger partial charge is 0.231 e. The normalized spacial score (nSPS) is 10.9. The fraction of sp³-hybridized carbons (Fsp3) is 0.202. The third-order valence-electron chi connectivity index (χ3n) is 20.9. The number of nitrogens with one attached hydrogen (secondary N) is 2. The number of carbonyl (C=O) groups is 10. The number of nitrogens with two attached hydrogens (primary N) is 2. The molecular formula is C114H118BrN9O14S. The monoisotopic (exact) mass is 1950 g/mol. The molecule has 7 aromatic heterocycles. The lowest BCUT2D eigenvalue weighted by molar-refractivity contribution is -0.121. The van der Waals surface area contributed by atoms with Gasteiger partial charge in [-0.1, -0.05) is 159 Å². The van der Waals surface area contributed by atoms with Crippen LogP contribution in [0.1, 0.15) is 215 Å². The fourth-order valence-corrected chi connectivity index (χ4v) is 14.1. The van der Waals surface area contributed by atoms with Gasteiger partial charge in [0.2, 0.25) is 6.79 Å². The number of thiophene rings is 1. The van der Waals surface area contributed by atoms with E-state index in [2.05, 4.69) is 76.3 Å². The molecule has 1 fully saturated rings. The molecule has 25 heteroatoms. The standard InChI is InChI=1S/C12H10O.C11H9NO.C10H8N2O.C10H9NO.C10H12O2.C9H8O3.C9H8O.C8H11N.C8H8O.C7H8N2O.C7H13NO.C7H9N.C6H5BrOS/c1-9(13)11-7-6-10-4-2-3-5-12(10)8-11;1-8(13)10-7-6-9-4-2-3-5-11(9)12-10;1-7(13)8-2-3-9-5-11-6-12-10(9)4-8;1-7(12)8-2-3-10-9(6-8)4-5-11-10;1-7-5-9(8(2)12)3-4-10(7)6-11;1-6(10)7-2-3-8-9(4-7)12-5-11-8;1-7-6-8-4-2-3-5-9(8)10-7;1-2-7-3-5-8(9)6-4-7;1-7(9)8-5-3-2-4-6-8;1-5(10)6-2-3-7(8)9-4-6;1-6(9)7-2-4-8-5-3-7;1-6-3-4-7(2)8-5-6;1-4(8)5-2-3-6(7)9-5/h2-8H,1H3;2-7H,1H3;2-6H,1H3;2-6,11H,1H3;3-5,11H,6H2,1-2H3;2-4H,5H2,1H3;2-6H,1H3;3-6H,2,9H2,1H3;2-6H,1H3;2-4H,1H3,(H2,8,9);7-8H,2-5H2,1H3;3-5H,1-2H3;2-3H,1H3. The molecule has 9 heterocycles. The highest BCUT2D eigenvalue weighted by atomic mass is 79.9. The summed E-state index contributed by atoms with van der Waals surface area (Å²) >= 11 is 4.73. The van der Waals surface area contributed by atoms with Gasteiger partial charge in [-0.2, -0.15) is 0 Å². The minimum absolute atomic E-state index is 0.00533. The number of Topliss-reactive ketones (excluding diaryl/α,β-unsaturated/α-hetero) is 10. The first-order valence-electron chi connectivity index (χ1n) is 44.7. The lowest BCUT2D eigenvalue weighted by atomic mass is 9.95. The Labute approximate surface area is 823 Å². The van der Waals surface area contributed by atoms with E-state index in [1.165, 1.54) is 73.5 Å². The molecule has 0 amide bonds. The van der Waals surface area contributed by atoms with E-state index in [0.29, 0.717) is 57.0 Å². The van der Waals surface area contributed by atoms with E-state index >= 15 is 0 Å². The van der Waals surface area contributed by atoms with Gasteiger partial charge < -0.3 is 40.8 Å². The third kappa shape index (κ3) is 39.1. The molecule has 7 N–H and O–H groups in total. The second kappa shape index (κ2) is 58.1. The highest BCUT2D eigenvalue weighted by Crippen LogP contribution is 2.33. The largest absolute Gasteiger partial charge is 0.461 e. The summed E-state index contributed by atoms with van der Waals surface area (Å²) in [7, 11) is 0. The van der Waals surface area contributed by atoms with Crippen molar-refractivity contribution in [1.29, 1.82) is 0 Å². The molecule has 0 bridgehead atoms. The number of aliphatic hydroxyl groups is 1. The molecule has 2 aliphatic heterocycles. The molecule has 0 saturated carbocycles. The highest BCUT2D eigenvalue weighted by molar-refractivity contribution is 9.11. The van der Waals surface area contributed by atoms with Gasteiger partial charge in [0.25, 0.3) is 0 Å². The summed E-state index contributed by atoms with van der Waals surface area (Å²) in [6.45, 7) is 27.9. The van der Waals surface area contributed by atoms with Gasteiger partial charge >= 0.3 is 0 Å². The van der Waals surface area contributed by atoms with Crippen molar-refractivity contribution in [1.82, 2.24) is 35.2 Å². The average Bonchev–Trinajstić information content (AvgIpc) is 1.75. The summed E-state index contributed by atoms with van der Waals surface area (Å²) in [5.41, 5.74) is 26.3. The molecule has 139 heavy (non-hydrogen) atoms. The van der Waals surface area contributed by atoms with Crippen LogP contribution in [0.2, 0.25) is 0 Å². The van der Waals surface area contributed by atoms with E-state index in [0.717, 1.165) is 130 Å². The van der Waals surface area contributed by atoms with Gasteiger partial charge in [0.15, 0.2) is 63.5 Å². The van der Waals surface area contributed by atoms with Crippen molar-refractivity contribution in [2.45, 2.75) is 130 Å². The summed E-state index contributed by atoms with van der Waals surface area (Å²) in [6.07, 6.45) is 11.6. The number of nitrogens with zero attached hydrogens (tertiary/aromatic N) is 5. The number of rotatable bonds is 12. The zero-order valence-corrected chi connectivity index (χ0v) is 83.3. The number of fused-ring (bicyclic) bond motifs is 6. The topological polar surface area (TPSA) is 367 Å². The number of ether oxygens (including phenoxy) is 2. The molecule has 0 unspecified atom stereocenters. The highest BCUT2D eigenvalue weighted by Gasteiger charge is 2.17. The number of aromatic nitrogens is 6. The molecule has 1 saturated heterocycles. The number of piperidine rings is 1. The van der Waals surface area contributed by atoms with Crippen LogP contribution >= 0.6 is 27.3 Å². The number of aryl methyl sites for hydroxylation is 5. The van der Waals surface area contributed by atoms with Crippen LogP contribution in [0.15, 0.2) is 318 Å². The van der Waals surface area contributed by atoms with Crippen molar-refractivity contribution >= 4 is 151 Å². The lowest BCUT2D eigenvalue weighted by Crippen LogP contribution is -2.30. The van der Waals surface area contributed by atoms with Crippen molar-refractivity contribution in [3.8, 4) is 11.5 Å². The molecular weight excluding hydrogens is 1830 g/mol. The van der Waals surface area contributed by atoms with Gasteiger partial charge in [0.1, 0.15) is 35.0 Å². The van der Waals surface area contributed by atoms with E-state index in [4.69, 9.17) is 30.5 Å². The first kappa shape index (κ1) is 111. The Morgan fingerprint density at radius 1 is 0.439 bits per heavy atom. The SMILES string of the molecule is CC(=O)C1CCNCC1.CC(=O)c1ccc(Br)s1.CC(=O)c1ccc(CO)c(C)c1.CC(=O)c1ccc(N)nc1.CC(=O)c1ccc2[nH]ccc2c1.CC(=O)c1ccc2c(c1)OCO2.CC(=O)c1ccc2ccccc2c1.CC(=O)c1ccc2ccccc2n1.CC(=O)c1ccc2cncnc2c1.CC(=O)c1ccccc1.CCc1ccc(N)cc1.Cc1cc2ccccc2o1.Cc1ccc(C)nc1. The summed E-state index contributed by atoms with van der Waals surface area (Å²) in [5.74, 6) is 4.12. The number of aromatic amines is 1. The maximum atomic E-state index is 11.1. The van der Waals surface area contributed by atoms with E-state index < -0.39 is 0 Å². The molecule has 23 nitrogen and oxygen atoms in total. The van der Waals surface area contributed by atoms with Gasteiger partial charge in [-0.25, -0.2) is 19.9 Å². The maximum absolute atomic E-state index is 11.1. The van der Waals surface area contributed by atoms with Gasteiger partial charge in [0.05, 0.1) is 26.3 Å². The molecule has 0 spiro atoms. The Kier molecular flexibility index (Phi) is 46.2. The van der Waals surface area contributed by atoms with Crippen LogP contribution in [0, 0.1) is 33.6 Å². The number of carbonyl (C=O) groups excluding carboxylic acids is 10. The lowest BCUT2D eigenvalue weighted by Gasteiger charge is -2.19. The number of ketones is 10. The maximum Gasteiger partial charge on any atom is 0.231 e. The number of benzene rings is 10. The van der Waals surface area contributed by atoms with Crippen LogP contribution in [0.5, 0.6) is 11.5 Å². The van der Waals surface area contributed by atoms with E-state index in [1.54, 1.807) is 114 Å². The number of nitrogen functional groups attached to an aromatic ring is 2. The van der Waals surface area contributed by atoms with E-state index in [9.17, 15) is 47.9 Å². The van der Waals surface area contributed by atoms with Crippen molar-refractivity contribution in [2.75, 3.05) is 31.3 Å². The van der Waals surface area contributed by atoms with Gasteiger partial charge in [0, 0.05) is 115 Å². The zero-order chi connectivity index (χ0) is 101. The Morgan fingerprint density at radius 3 is 1.53 bits per heavy atom. The minimum Gasteiger partial charge on any atom is -0.461 e. The molecule has 19 rings (SSSR count). The minimum atomic E-state index is 0.00533. The van der Waals surface area contributed by atoms with Crippen LogP contribution in [0.3, 0.4) is 0 Å².